The number of likely N-dealkylation sites (N-methyl/N-ethyl adjacent to an activating group) is 1. The first kappa shape index (κ1) is 19.8. The Bertz CT molecular complexity index is 846. The highest BCUT2D eigenvalue weighted by atomic mass is 32.1. The van der Waals surface area contributed by atoms with Gasteiger partial charge in [0.05, 0.1) is 6.54 Å². The van der Waals surface area contributed by atoms with Crippen LogP contribution >= 0.6 is 12.2 Å². The van der Waals surface area contributed by atoms with Crippen LogP contribution in [0.15, 0.2) is 24.3 Å². The Labute approximate surface area is 158 Å². The summed E-state index contributed by atoms with van der Waals surface area (Å²) >= 11 is 5.26. The zero-order chi connectivity index (χ0) is 19.5. The minimum Gasteiger partial charge on any atom is -0.350 e. The third-order valence-corrected chi connectivity index (χ3v) is 3.99. The van der Waals surface area contributed by atoms with E-state index in [-0.39, 0.29) is 30.4 Å². The molecule has 0 atom stereocenters. The van der Waals surface area contributed by atoms with Crippen molar-refractivity contribution in [1.82, 2.24) is 25.0 Å². The van der Waals surface area contributed by atoms with Gasteiger partial charge >= 0.3 is 0 Å². The van der Waals surface area contributed by atoms with Gasteiger partial charge in [-0.1, -0.05) is 29.8 Å². The largest absolute Gasteiger partial charge is 0.350 e. The molecular weight excluding hydrogens is 350 g/mol. The molecule has 2 N–H and O–H groups in total. The Balaban J connectivity index is 2.12. The summed E-state index contributed by atoms with van der Waals surface area (Å²) in [6, 6.07) is 7.81. The number of hydrogen-bond donors (Lipinski definition) is 2. The molecule has 140 valence electrons. The normalized spacial score (nSPS) is 11.3. The summed E-state index contributed by atoms with van der Waals surface area (Å²) in [5.74, 6) is 0.165. The van der Waals surface area contributed by atoms with Crippen LogP contribution in [0.2, 0.25) is 0 Å². The number of aromatic nitrogens is 3. The summed E-state index contributed by atoms with van der Waals surface area (Å²) in [5, 5.41) is 9.80. The summed E-state index contributed by atoms with van der Waals surface area (Å²) in [4.78, 5) is 25.9. The van der Waals surface area contributed by atoms with Crippen molar-refractivity contribution in [3.8, 4) is 11.4 Å². The van der Waals surface area contributed by atoms with Crippen molar-refractivity contribution in [2.75, 3.05) is 13.6 Å². The lowest BCUT2D eigenvalue weighted by molar-refractivity contribution is -0.135. The van der Waals surface area contributed by atoms with Gasteiger partial charge in [0.25, 0.3) is 0 Å². The van der Waals surface area contributed by atoms with Crippen LogP contribution in [-0.2, 0) is 16.1 Å². The molecule has 0 saturated heterocycles. The molecule has 1 aromatic heterocycles. The van der Waals surface area contributed by atoms with Crippen molar-refractivity contribution in [3.63, 3.8) is 0 Å². The fourth-order valence-corrected chi connectivity index (χ4v) is 2.60. The summed E-state index contributed by atoms with van der Waals surface area (Å²) in [5.41, 5.74) is 1.66. The first-order valence-electron chi connectivity index (χ1n) is 8.34. The highest BCUT2D eigenvalue weighted by Crippen LogP contribution is 2.18. The number of benzene rings is 1. The number of carbonyl (C=O) groups is 2. The third-order valence-electron chi connectivity index (χ3n) is 3.68. The smallest absolute Gasteiger partial charge is 0.242 e. The molecule has 0 radical (unpaired) electrons. The Morgan fingerprint density at radius 1 is 1.27 bits per heavy atom. The predicted molar refractivity (Wildman–Crippen MR) is 103 cm³/mol. The fourth-order valence-electron chi connectivity index (χ4n) is 2.40. The topological polar surface area (TPSA) is 83.0 Å². The molecule has 0 aliphatic heterocycles. The molecule has 0 saturated carbocycles. The van der Waals surface area contributed by atoms with Crippen molar-refractivity contribution >= 4 is 24.0 Å². The molecule has 8 heteroatoms. The molecule has 0 bridgehead atoms. The highest BCUT2D eigenvalue weighted by Gasteiger charge is 2.19. The van der Waals surface area contributed by atoms with Crippen LogP contribution in [0.4, 0.5) is 0 Å². The number of nitrogens with one attached hydrogen (secondary N) is 2. The fraction of sp³-hybridized carbons (Fsp3) is 0.444. The average molecular weight is 375 g/mol. The van der Waals surface area contributed by atoms with E-state index in [1.165, 1.54) is 4.90 Å². The number of aryl methyl sites for hydroxylation is 1. The molecule has 0 unspecified atom stereocenters. The van der Waals surface area contributed by atoms with Crippen LogP contribution in [0.5, 0.6) is 0 Å². The Hall–Kier alpha value is -2.48. The second-order valence-electron chi connectivity index (χ2n) is 7.35. The monoisotopic (exact) mass is 375 g/mol. The van der Waals surface area contributed by atoms with Crippen molar-refractivity contribution in [3.05, 3.63) is 34.6 Å². The van der Waals surface area contributed by atoms with Crippen LogP contribution in [-0.4, -0.2) is 50.6 Å². The molecule has 7 nitrogen and oxygen atoms in total. The van der Waals surface area contributed by atoms with Gasteiger partial charge in [0.2, 0.25) is 11.8 Å². The van der Waals surface area contributed by atoms with Crippen LogP contribution < -0.4 is 5.32 Å². The number of amides is 2. The standard InChI is InChI=1S/C18H25N5O2S/c1-12-6-8-13(9-7-12)16-20-21-17(26)23(16)11-15(25)22(5)10-14(24)19-18(2,3)4/h6-9H,10-11H2,1-5H3,(H,19,24)(H,21,26). The van der Waals surface area contributed by atoms with E-state index in [1.807, 2.05) is 52.0 Å². The van der Waals surface area contributed by atoms with Crippen LogP contribution in [0.1, 0.15) is 26.3 Å². The molecule has 2 aromatic rings. The first-order chi connectivity index (χ1) is 12.1. The molecule has 0 spiro atoms. The molecule has 2 amide bonds. The number of aromatic amines is 1. The minimum absolute atomic E-state index is 0.0117. The van der Waals surface area contributed by atoms with Gasteiger partial charge in [0, 0.05) is 18.2 Å². The van der Waals surface area contributed by atoms with Crippen LogP contribution in [0.25, 0.3) is 11.4 Å². The quantitative estimate of drug-likeness (QED) is 0.786. The zero-order valence-electron chi connectivity index (χ0n) is 15.8. The maximum absolute atomic E-state index is 12.5. The lowest BCUT2D eigenvalue weighted by Crippen LogP contribution is -2.46. The minimum atomic E-state index is -0.341. The van der Waals surface area contributed by atoms with Gasteiger partial charge in [-0.15, -0.1) is 0 Å². The number of rotatable bonds is 5. The van der Waals surface area contributed by atoms with Gasteiger partial charge in [-0.2, -0.15) is 5.10 Å². The summed E-state index contributed by atoms with van der Waals surface area (Å²) in [6.45, 7) is 7.68. The van der Waals surface area contributed by atoms with Crippen LogP contribution in [0.3, 0.4) is 0 Å². The van der Waals surface area contributed by atoms with E-state index in [4.69, 9.17) is 12.2 Å². The number of hydrogen-bond acceptors (Lipinski definition) is 4. The van der Waals surface area contributed by atoms with E-state index in [0.29, 0.717) is 10.6 Å². The van der Waals surface area contributed by atoms with E-state index in [9.17, 15) is 9.59 Å². The van der Waals surface area contributed by atoms with Crippen molar-refractivity contribution < 1.29 is 9.59 Å². The predicted octanol–water partition coefficient (Wildman–Crippen LogP) is 2.29. The average Bonchev–Trinajstić information content (AvgIpc) is 2.87. The van der Waals surface area contributed by atoms with Gasteiger partial charge in [0.1, 0.15) is 6.54 Å². The first-order valence-corrected chi connectivity index (χ1v) is 8.75. The van der Waals surface area contributed by atoms with Gasteiger partial charge < -0.3 is 10.2 Å². The molecule has 0 aliphatic carbocycles. The maximum Gasteiger partial charge on any atom is 0.242 e. The van der Waals surface area contributed by atoms with Gasteiger partial charge in [-0.25, -0.2) is 0 Å². The summed E-state index contributed by atoms with van der Waals surface area (Å²) < 4.78 is 2.00. The third kappa shape index (κ3) is 5.26. The zero-order valence-corrected chi connectivity index (χ0v) is 16.6. The number of carbonyl (C=O) groups excluding carboxylic acids is 2. The number of nitrogens with zero attached hydrogens (tertiary/aromatic N) is 3. The van der Waals surface area contributed by atoms with E-state index in [0.717, 1.165) is 11.1 Å². The maximum atomic E-state index is 12.5. The lowest BCUT2D eigenvalue weighted by atomic mass is 10.1. The Kier molecular flexibility index (Phi) is 5.97. The molecule has 26 heavy (non-hydrogen) atoms. The molecule has 0 aliphatic rings. The van der Waals surface area contributed by atoms with Gasteiger partial charge in [0.15, 0.2) is 10.6 Å². The lowest BCUT2D eigenvalue weighted by Gasteiger charge is -2.23. The molecule has 2 rings (SSSR count). The van der Waals surface area contributed by atoms with Crippen molar-refractivity contribution in [1.29, 1.82) is 0 Å². The molecular formula is C18H25N5O2S. The number of H-pyrrole nitrogens is 1. The summed E-state index contributed by atoms with van der Waals surface area (Å²) in [6.07, 6.45) is 0. The Morgan fingerprint density at radius 2 is 1.88 bits per heavy atom. The van der Waals surface area contributed by atoms with Gasteiger partial charge in [-0.05, 0) is 39.9 Å². The summed E-state index contributed by atoms with van der Waals surface area (Å²) in [7, 11) is 1.60. The van der Waals surface area contributed by atoms with Crippen molar-refractivity contribution in [2.45, 2.75) is 39.8 Å². The molecule has 1 aromatic carbocycles. The van der Waals surface area contributed by atoms with Gasteiger partial charge in [-0.3, -0.25) is 19.3 Å². The van der Waals surface area contributed by atoms with E-state index in [1.54, 1.807) is 11.6 Å². The van der Waals surface area contributed by atoms with E-state index >= 15 is 0 Å². The molecule has 0 fully saturated rings. The van der Waals surface area contributed by atoms with E-state index in [2.05, 4.69) is 15.5 Å². The van der Waals surface area contributed by atoms with E-state index < -0.39 is 0 Å². The second-order valence-corrected chi connectivity index (χ2v) is 7.74. The van der Waals surface area contributed by atoms with Crippen molar-refractivity contribution in [2.24, 2.45) is 0 Å². The second kappa shape index (κ2) is 7.82. The Morgan fingerprint density at radius 3 is 2.46 bits per heavy atom. The van der Waals surface area contributed by atoms with Crippen LogP contribution in [0, 0.1) is 11.7 Å². The molecule has 1 heterocycles. The SMILES string of the molecule is Cc1ccc(-c2n[nH]c(=S)n2CC(=O)N(C)CC(=O)NC(C)(C)C)cc1. The highest BCUT2D eigenvalue weighted by molar-refractivity contribution is 7.71.